The third-order valence-electron chi connectivity index (χ3n) is 2.38. The van der Waals surface area contributed by atoms with Crippen LogP contribution in [-0.4, -0.2) is 23.4 Å². The highest BCUT2D eigenvalue weighted by atomic mass is 32.1. The van der Waals surface area contributed by atoms with Gasteiger partial charge in [0.1, 0.15) is 5.75 Å². The van der Waals surface area contributed by atoms with E-state index in [1.807, 2.05) is 0 Å². The summed E-state index contributed by atoms with van der Waals surface area (Å²) >= 11 is 4.02. The van der Waals surface area contributed by atoms with Crippen LogP contribution in [0.4, 0.5) is 13.2 Å². The fourth-order valence-electron chi connectivity index (χ4n) is 1.61. The zero-order valence-electron chi connectivity index (χ0n) is 8.73. The maximum absolute atomic E-state index is 12.7. The summed E-state index contributed by atoms with van der Waals surface area (Å²) in [6.07, 6.45) is -6.27. The van der Waals surface area contributed by atoms with E-state index in [1.54, 1.807) is 0 Å². The lowest BCUT2D eigenvalue weighted by molar-refractivity contribution is -0.187. The van der Waals surface area contributed by atoms with Crippen LogP contribution in [0, 0.1) is 0 Å². The van der Waals surface area contributed by atoms with E-state index in [4.69, 9.17) is 9.84 Å². The Balaban J connectivity index is 2.53. The molecule has 1 heterocycles. The first-order chi connectivity index (χ1) is 8.29. The molecule has 1 aliphatic rings. The first kappa shape index (κ1) is 12.8. The van der Waals surface area contributed by atoms with Gasteiger partial charge in [0.05, 0.1) is 5.57 Å². The largest absolute Gasteiger partial charge is 0.478 e. The summed E-state index contributed by atoms with van der Waals surface area (Å²) in [4.78, 5) is 11.3. The monoisotopic (exact) mass is 276 g/mol. The molecule has 0 bridgehead atoms. The molecule has 0 spiro atoms. The number of carboxylic acid groups (broad SMARTS) is 1. The number of thiol groups is 1. The van der Waals surface area contributed by atoms with Crippen molar-refractivity contribution in [2.24, 2.45) is 0 Å². The molecule has 3 nitrogen and oxygen atoms in total. The van der Waals surface area contributed by atoms with Crippen molar-refractivity contribution in [2.75, 3.05) is 0 Å². The van der Waals surface area contributed by atoms with Gasteiger partial charge in [-0.2, -0.15) is 13.2 Å². The molecule has 0 saturated heterocycles. The Morgan fingerprint density at radius 2 is 2.06 bits per heavy atom. The van der Waals surface area contributed by atoms with Gasteiger partial charge in [-0.25, -0.2) is 4.79 Å². The van der Waals surface area contributed by atoms with Crippen LogP contribution in [0.25, 0.3) is 6.08 Å². The molecule has 1 atom stereocenters. The number of alkyl halides is 3. The topological polar surface area (TPSA) is 46.5 Å². The molecule has 7 heteroatoms. The summed E-state index contributed by atoms with van der Waals surface area (Å²) in [6.45, 7) is 0. The minimum atomic E-state index is -4.78. The lowest BCUT2D eigenvalue weighted by atomic mass is 10.0. The Hall–Kier alpha value is -1.63. The number of halogens is 3. The molecule has 1 aliphatic heterocycles. The van der Waals surface area contributed by atoms with E-state index >= 15 is 0 Å². The molecule has 0 saturated carbocycles. The van der Waals surface area contributed by atoms with Crippen molar-refractivity contribution in [3.63, 3.8) is 0 Å². The van der Waals surface area contributed by atoms with Crippen LogP contribution in [0.15, 0.2) is 28.7 Å². The summed E-state index contributed by atoms with van der Waals surface area (Å²) in [5, 5.41) is 8.80. The predicted molar refractivity (Wildman–Crippen MR) is 59.8 cm³/mol. The molecule has 18 heavy (non-hydrogen) atoms. The summed E-state index contributed by atoms with van der Waals surface area (Å²) in [7, 11) is 0. The van der Waals surface area contributed by atoms with Crippen LogP contribution in [-0.2, 0) is 4.79 Å². The second kappa shape index (κ2) is 4.24. The standard InChI is InChI=1S/C11H7F3O3S/c12-11(13,14)9-7(10(15)16)4-5-3-6(18)1-2-8(5)17-9/h1-4,9,18H,(H,15,16). The second-order valence-corrected chi connectivity index (χ2v) is 4.18. The molecule has 0 fully saturated rings. The molecular weight excluding hydrogens is 269 g/mol. The Bertz CT molecular complexity index is 537. The second-order valence-electron chi connectivity index (χ2n) is 3.67. The smallest absolute Gasteiger partial charge is 0.430 e. The molecular formula is C11H7F3O3S. The van der Waals surface area contributed by atoms with E-state index < -0.39 is 23.8 Å². The summed E-state index contributed by atoms with van der Waals surface area (Å²) in [6, 6.07) is 4.23. The number of aliphatic carboxylic acids is 1. The highest BCUT2D eigenvalue weighted by Crippen LogP contribution is 2.37. The molecule has 1 N–H and O–H groups in total. The first-order valence-corrected chi connectivity index (χ1v) is 5.25. The minimum absolute atomic E-state index is 0.0138. The number of hydrogen-bond donors (Lipinski definition) is 2. The number of ether oxygens (including phenoxy) is 1. The number of carboxylic acids is 1. The van der Waals surface area contributed by atoms with Gasteiger partial charge in [0, 0.05) is 10.5 Å². The lowest BCUT2D eigenvalue weighted by Crippen LogP contribution is -2.40. The molecule has 1 aromatic rings. The lowest BCUT2D eigenvalue weighted by Gasteiger charge is -2.27. The summed E-state index contributed by atoms with van der Waals surface area (Å²) in [5.41, 5.74) is -0.575. The number of hydrogen-bond acceptors (Lipinski definition) is 3. The van der Waals surface area contributed by atoms with Crippen LogP contribution in [0.2, 0.25) is 0 Å². The predicted octanol–water partition coefficient (Wildman–Crippen LogP) is 2.77. The third kappa shape index (κ3) is 2.31. The number of fused-ring (bicyclic) bond motifs is 1. The Labute approximate surface area is 105 Å². The van der Waals surface area contributed by atoms with Gasteiger partial charge in [-0.15, -0.1) is 12.6 Å². The zero-order valence-corrected chi connectivity index (χ0v) is 9.63. The van der Waals surface area contributed by atoms with E-state index in [2.05, 4.69) is 12.6 Å². The number of carbonyl (C=O) groups is 1. The first-order valence-electron chi connectivity index (χ1n) is 4.80. The minimum Gasteiger partial charge on any atom is -0.478 e. The van der Waals surface area contributed by atoms with Crippen molar-refractivity contribution < 1.29 is 27.8 Å². The van der Waals surface area contributed by atoms with Crippen molar-refractivity contribution >= 4 is 24.7 Å². The van der Waals surface area contributed by atoms with Crippen molar-refractivity contribution in [2.45, 2.75) is 17.2 Å². The molecule has 2 rings (SSSR count). The van der Waals surface area contributed by atoms with E-state index in [9.17, 15) is 18.0 Å². The fraction of sp³-hybridized carbons (Fsp3) is 0.182. The van der Waals surface area contributed by atoms with Gasteiger partial charge in [0.15, 0.2) is 0 Å². The van der Waals surface area contributed by atoms with Crippen molar-refractivity contribution in [3.8, 4) is 5.75 Å². The molecule has 96 valence electrons. The normalized spacial score (nSPS) is 18.7. The van der Waals surface area contributed by atoms with Gasteiger partial charge in [0.2, 0.25) is 6.10 Å². The van der Waals surface area contributed by atoms with Crippen molar-refractivity contribution in [3.05, 3.63) is 29.3 Å². The van der Waals surface area contributed by atoms with Crippen LogP contribution in [0.1, 0.15) is 5.56 Å². The van der Waals surface area contributed by atoms with E-state index in [1.165, 1.54) is 18.2 Å². The van der Waals surface area contributed by atoms with Gasteiger partial charge in [-0.1, -0.05) is 0 Å². The van der Waals surface area contributed by atoms with E-state index in [0.29, 0.717) is 4.90 Å². The fourth-order valence-corrected chi connectivity index (χ4v) is 1.82. The van der Waals surface area contributed by atoms with Gasteiger partial charge < -0.3 is 9.84 Å². The summed E-state index contributed by atoms with van der Waals surface area (Å²) in [5.74, 6) is -1.67. The average Bonchev–Trinajstić information content (AvgIpc) is 2.25. The maximum Gasteiger partial charge on any atom is 0.430 e. The van der Waals surface area contributed by atoms with Gasteiger partial charge in [-0.3, -0.25) is 0 Å². The quantitative estimate of drug-likeness (QED) is 0.775. The maximum atomic E-state index is 12.7. The van der Waals surface area contributed by atoms with Crippen LogP contribution >= 0.6 is 12.6 Å². The van der Waals surface area contributed by atoms with E-state index in [-0.39, 0.29) is 11.3 Å². The number of benzene rings is 1. The molecule has 0 aliphatic carbocycles. The van der Waals surface area contributed by atoms with E-state index in [0.717, 1.165) is 6.08 Å². The highest BCUT2D eigenvalue weighted by molar-refractivity contribution is 7.80. The molecule has 0 aromatic heterocycles. The molecule has 0 radical (unpaired) electrons. The Morgan fingerprint density at radius 3 is 2.61 bits per heavy atom. The SMILES string of the molecule is O=C(O)C1=Cc2cc(S)ccc2OC1C(F)(F)F. The van der Waals surface area contributed by atoms with Gasteiger partial charge in [-0.05, 0) is 24.3 Å². The van der Waals surface area contributed by atoms with Crippen LogP contribution in [0.3, 0.4) is 0 Å². The highest BCUT2D eigenvalue weighted by Gasteiger charge is 2.48. The third-order valence-corrected chi connectivity index (χ3v) is 2.65. The molecule has 1 aromatic carbocycles. The van der Waals surface area contributed by atoms with Gasteiger partial charge >= 0.3 is 12.1 Å². The average molecular weight is 276 g/mol. The Kier molecular flexibility index (Phi) is 3.02. The van der Waals surface area contributed by atoms with Crippen molar-refractivity contribution in [1.29, 1.82) is 0 Å². The van der Waals surface area contributed by atoms with Crippen molar-refractivity contribution in [1.82, 2.24) is 0 Å². The zero-order chi connectivity index (χ0) is 13.5. The molecule has 1 unspecified atom stereocenters. The Morgan fingerprint density at radius 1 is 1.39 bits per heavy atom. The summed E-state index contributed by atoms with van der Waals surface area (Å²) < 4.78 is 42.8. The molecule has 0 amide bonds. The van der Waals surface area contributed by atoms with Crippen LogP contribution < -0.4 is 4.74 Å². The van der Waals surface area contributed by atoms with Gasteiger partial charge in [0.25, 0.3) is 0 Å². The van der Waals surface area contributed by atoms with Crippen LogP contribution in [0.5, 0.6) is 5.75 Å². The number of rotatable bonds is 1.